The van der Waals surface area contributed by atoms with Crippen molar-refractivity contribution in [3.8, 4) is 11.6 Å². The molecule has 2 heterocycles. The molecule has 3 rings (SSSR count). The van der Waals surface area contributed by atoms with Crippen molar-refractivity contribution < 1.29 is 39.0 Å². The second-order valence-electron chi connectivity index (χ2n) is 8.83. The van der Waals surface area contributed by atoms with Crippen LogP contribution in [0.25, 0.3) is 0 Å². The molecule has 1 fully saturated rings. The van der Waals surface area contributed by atoms with E-state index in [4.69, 9.17) is 14.2 Å². The molecule has 5 atom stereocenters. The standard InChI is InChI=1S/C23H33FN2O7/c1-11(2)26-13(5)15(8-14-6-7-17(16(24)9-14)31-12(3)4)22(25-26)33-23-21(30)20(29)19(28)18(10-27)32-23/h6-7,9,11-12,18-21,23,27-30H,8,10H2,1-5H3/t18?,19-,20+,21-,23+/m1/s1. The smallest absolute Gasteiger partial charge is 0.239 e. The molecule has 0 spiro atoms. The van der Waals surface area contributed by atoms with Gasteiger partial charge < -0.3 is 34.6 Å². The minimum Gasteiger partial charge on any atom is -0.488 e. The monoisotopic (exact) mass is 468 g/mol. The first kappa shape index (κ1) is 25.4. The fraction of sp³-hybridized carbons (Fsp3) is 0.609. The fourth-order valence-corrected chi connectivity index (χ4v) is 3.81. The van der Waals surface area contributed by atoms with Gasteiger partial charge in [-0.1, -0.05) is 6.07 Å². The van der Waals surface area contributed by atoms with Crippen molar-refractivity contribution in [2.45, 2.75) is 83.9 Å². The maximum absolute atomic E-state index is 14.5. The molecular weight excluding hydrogens is 435 g/mol. The van der Waals surface area contributed by atoms with E-state index in [2.05, 4.69) is 5.10 Å². The van der Waals surface area contributed by atoms with Crippen LogP contribution < -0.4 is 9.47 Å². The van der Waals surface area contributed by atoms with Crippen molar-refractivity contribution in [1.29, 1.82) is 0 Å². The quantitative estimate of drug-likeness (QED) is 0.459. The van der Waals surface area contributed by atoms with Crippen molar-refractivity contribution in [3.05, 3.63) is 40.8 Å². The molecule has 1 aliphatic rings. The molecule has 1 aliphatic heterocycles. The Morgan fingerprint density at radius 3 is 2.39 bits per heavy atom. The number of rotatable bonds is 8. The van der Waals surface area contributed by atoms with Crippen LogP contribution in [0.4, 0.5) is 4.39 Å². The molecular formula is C23H33FN2O7. The van der Waals surface area contributed by atoms with Crippen molar-refractivity contribution in [3.63, 3.8) is 0 Å². The Balaban J connectivity index is 1.91. The van der Waals surface area contributed by atoms with Crippen LogP contribution in [0.3, 0.4) is 0 Å². The summed E-state index contributed by atoms with van der Waals surface area (Å²) in [5, 5.41) is 44.3. The van der Waals surface area contributed by atoms with Crippen molar-refractivity contribution >= 4 is 0 Å². The lowest BCUT2D eigenvalue weighted by Gasteiger charge is -2.39. The van der Waals surface area contributed by atoms with Crippen molar-refractivity contribution in [2.24, 2.45) is 0 Å². The number of hydrogen-bond donors (Lipinski definition) is 4. The van der Waals surface area contributed by atoms with Gasteiger partial charge in [-0.25, -0.2) is 4.39 Å². The first-order valence-electron chi connectivity index (χ1n) is 11.0. The van der Waals surface area contributed by atoms with Gasteiger partial charge in [0.15, 0.2) is 11.6 Å². The number of aliphatic hydroxyl groups excluding tert-OH is 4. The molecule has 9 nitrogen and oxygen atoms in total. The second kappa shape index (κ2) is 10.4. The molecule has 1 aromatic heterocycles. The lowest BCUT2D eigenvalue weighted by molar-refractivity contribution is -0.278. The summed E-state index contributed by atoms with van der Waals surface area (Å²) >= 11 is 0. The van der Waals surface area contributed by atoms with E-state index in [1.54, 1.807) is 16.8 Å². The number of benzene rings is 1. The molecule has 1 aromatic carbocycles. The second-order valence-corrected chi connectivity index (χ2v) is 8.83. The summed E-state index contributed by atoms with van der Waals surface area (Å²) in [6, 6.07) is 4.71. The van der Waals surface area contributed by atoms with Crippen LogP contribution >= 0.6 is 0 Å². The van der Waals surface area contributed by atoms with E-state index in [1.807, 2.05) is 34.6 Å². The third kappa shape index (κ3) is 5.47. The Hall–Kier alpha value is -2.24. The van der Waals surface area contributed by atoms with Crippen LogP contribution in [0, 0.1) is 12.7 Å². The Kier molecular flexibility index (Phi) is 7.96. The zero-order chi connectivity index (χ0) is 24.4. The molecule has 0 amide bonds. The third-order valence-corrected chi connectivity index (χ3v) is 5.54. The number of hydrogen-bond acceptors (Lipinski definition) is 8. The molecule has 1 unspecified atom stereocenters. The molecule has 0 aliphatic carbocycles. The number of nitrogens with zero attached hydrogens (tertiary/aromatic N) is 2. The molecule has 1 saturated heterocycles. The molecule has 33 heavy (non-hydrogen) atoms. The van der Waals surface area contributed by atoms with E-state index in [9.17, 15) is 24.8 Å². The molecule has 0 bridgehead atoms. The normalized spacial score (nSPS) is 25.6. The van der Waals surface area contributed by atoms with Gasteiger partial charge in [-0.3, -0.25) is 4.68 Å². The molecule has 0 saturated carbocycles. The zero-order valence-corrected chi connectivity index (χ0v) is 19.5. The topological polar surface area (TPSA) is 126 Å². The van der Waals surface area contributed by atoms with Gasteiger partial charge in [-0.05, 0) is 52.3 Å². The van der Waals surface area contributed by atoms with E-state index in [0.29, 0.717) is 11.1 Å². The highest BCUT2D eigenvalue weighted by Gasteiger charge is 2.45. The Morgan fingerprint density at radius 2 is 1.82 bits per heavy atom. The number of aromatic nitrogens is 2. The van der Waals surface area contributed by atoms with Gasteiger partial charge >= 0.3 is 0 Å². The average molecular weight is 469 g/mol. The van der Waals surface area contributed by atoms with Gasteiger partial charge in [-0.15, -0.1) is 5.10 Å². The van der Waals surface area contributed by atoms with Gasteiger partial charge in [0.1, 0.15) is 24.4 Å². The Labute approximate surface area is 192 Å². The highest BCUT2D eigenvalue weighted by molar-refractivity contribution is 5.39. The molecule has 2 aromatic rings. The molecule has 10 heteroatoms. The van der Waals surface area contributed by atoms with Crippen molar-refractivity contribution in [1.82, 2.24) is 9.78 Å². The first-order valence-corrected chi connectivity index (χ1v) is 11.0. The summed E-state index contributed by atoms with van der Waals surface area (Å²) in [4.78, 5) is 0. The van der Waals surface area contributed by atoms with Gasteiger partial charge in [0.2, 0.25) is 12.2 Å². The average Bonchev–Trinajstić information content (AvgIpc) is 3.05. The number of ether oxygens (including phenoxy) is 3. The first-order chi connectivity index (χ1) is 15.5. The van der Waals surface area contributed by atoms with E-state index in [1.165, 1.54) is 6.07 Å². The lowest BCUT2D eigenvalue weighted by atomic mass is 9.99. The van der Waals surface area contributed by atoms with E-state index < -0.39 is 43.1 Å². The van der Waals surface area contributed by atoms with Crippen LogP contribution in [-0.2, 0) is 11.2 Å². The van der Waals surface area contributed by atoms with Crippen LogP contribution in [0.2, 0.25) is 0 Å². The fourth-order valence-electron chi connectivity index (χ4n) is 3.81. The maximum Gasteiger partial charge on any atom is 0.239 e. The van der Waals surface area contributed by atoms with Crippen LogP contribution in [0.15, 0.2) is 18.2 Å². The summed E-state index contributed by atoms with van der Waals surface area (Å²) < 4.78 is 33.0. The van der Waals surface area contributed by atoms with Gasteiger partial charge in [0, 0.05) is 23.7 Å². The van der Waals surface area contributed by atoms with Crippen molar-refractivity contribution in [2.75, 3.05) is 6.61 Å². The molecule has 184 valence electrons. The van der Waals surface area contributed by atoms with Crippen LogP contribution in [0.1, 0.15) is 50.6 Å². The summed E-state index contributed by atoms with van der Waals surface area (Å²) in [5.74, 6) is -0.166. The highest BCUT2D eigenvalue weighted by atomic mass is 19.1. The summed E-state index contributed by atoms with van der Waals surface area (Å²) in [6.45, 7) is 8.81. The van der Waals surface area contributed by atoms with Gasteiger partial charge in [0.25, 0.3) is 0 Å². The van der Waals surface area contributed by atoms with E-state index in [-0.39, 0.29) is 30.2 Å². The minimum atomic E-state index is -1.57. The predicted octanol–water partition coefficient (Wildman–Crippen LogP) is 1.47. The lowest BCUT2D eigenvalue weighted by Crippen LogP contribution is -2.60. The number of halogens is 1. The largest absolute Gasteiger partial charge is 0.488 e. The van der Waals surface area contributed by atoms with E-state index in [0.717, 1.165) is 5.69 Å². The van der Waals surface area contributed by atoms with Crippen LogP contribution in [0.5, 0.6) is 11.6 Å². The number of aliphatic hydroxyl groups is 4. The molecule has 4 N–H and O–H groups in total. The van der Waals surface area contributed by atoms with Crippen LogP contribution in [-0.4, -0.2) is 73.6 Å². The highest BCUT2D eigenvalue weighted by Crippen LogP contribution is 2.31. The summed E-state index contributed by atoms with van der Waals surface area (Å²) in [7, 11) is 0. The predicted molar refractivity (Wildman–Crippen MR) is 117 cm³/mol. The zero-order valence-electron chi connectivity index (χ0n) is 19.5. The maximum atomic E-state index is 14.5. The molecule has 0 radical (unpaired) electrons. The third-order valence-electron chi connectivity index (χ3n) is 5.54. The van der Waals surface area contributed by atoms with Gasteiger partial charge in [-0.2, -0.15) is 0 Å². The minimum absolute atomic E-state index is 0.00513. The SMILES string of the molecule is Cc1c(Cc2ccc(OC(C)C)c(F)c2)c(O[C@@H]2OC(CO)[C@@H](O)[C@H](O)[C@H]2O)nn1C(C)C. The summed E-state index contributed by atoms with van der Waals surface area (Å²) in [6.07, 6.45) is -6.97. The van der Waals surface area contributed by atoms with E-state index >= 15 is 0 Å². The van der Waals surface area contributed by atoms with Gasteiger partial charge in [0.05, 0.1) is 12.7 Å². The summed E-state index contributed by atoms with van der Waals surface area (Å²) in [5.41, 5.74) is 2.10. The Morgan fingerprint density at radius 1 is 1.12 bits per heavy atom. The Bertz CT molecular complexity index is 947.